The molecular weight excluding hydrogens is 262 g/mol. The van der Waals surface area contributed by atoms with Crippen molar-refractivity contribution in [2.75, 3.05) is 13.7 Å². The fourth-order valence-corrected chi connectivity index (χ4v) is 2.89. The molecule has 0 saturated heterocycles. The second-order valence-electron chi connectivity index (χ2n) is 5.96. The molecule has 1 unspecified atom stereocenters. The van der Waals surface area contributed by atoms with Crippen molar-refractivity contribution in [3.8, 4) is 11.5 Å². The first-order chi connectivity index (χ1) is 10.2. The van der Waals surface area contributed by atoms with Crippen LogP contribution in [-0.2, 0) is 0 Å². The van der Waals surface area contributed by atoms with Gasteiger partial charge in [0.1, 0.15) is 0 Å². The highest BCUT2D eigenvalue weighted by Crippen LogP contribution is 2.33. The Bertz CT molecular complexity index is 427. The first kappa shape index (κ1) is 16.2. The van der Waals surface area contributed by atoms with Crippen molar-refractivity contribution < 1.29 is 9.47 Å². The topological polar surface area (TPSA) is 30.5 Å². The summed E-state index contributed by atoms with van der Waals surface area (Å²) >= 11 is 0. The Morgan fingerprint density at radius 1 is 1.19 bits per heavy atom. The van der Waals surface area contributed by atoms with Gasteiger partial charge in [0.15, 0.2) is 11.5 Å². The van der Waals surface area contributed by atoms with E-state index in [4.69, 9.17) is 9.47 Å². The van der Waals surface area contributed by atoms with Gasteiger partial charge in [-0.25, -0.2) is 0 Å². The number of ether oxygens (including phenoxy) is 2. The monoisotopic (exact) mass is 291 g/mol. The van der Waals surface area contributed by atoms with Gasteiger partial charge < -0.3 is 14.8 Å². The molecule has 0 aromatic heterocycles. The molecule has 0 amide bonds. The van der Waals surface area contributed by atoms with E-state index in [0.29, 0.717) is 12.1 Å². The summed E-state index contributed by atoms with van der Waals surface area (Å²) in [6.07, 6.45) is 7.74. The average molecular weight is 291 g/mol. The third-order valence-corrected chi connectivity index (χ3v) is 4.23. The van der Waals surface area contributed by atoms with Gasteiger partial charge in [0.2, 0.25) is 0 Å². The highest BCUT2D eigenvalue weighted by molar-refractivity contribution is 5.44. The van der Waals surface area contributed by atoms with Crippen molar-refractivity contribution in [1.29, 1.82) is 0 Å². The molecule has 118 valence electrons. The van der Waals surface area contributed by atoms with Crippen LogP contribution in [0.5, 0.6) is 11.5 Å². The van der Waals surface area contributed by atoms with Gasteiger partial charge in [-0.2, -0.15) is 0 Å². The number of hydrogen-bond acceptors (Lipinski definition) is 3. The molecule has 1 fully saturated rings. The second-order valence-corrected chi connectivity index (χ2v) is 5.96. The molecule has 0 radical (unpaired) electrons. The third-order valence-electron chi connectivity index (χ3n) is 4.23. The van der Waals surface area contributed by atoms with Crippen molar-refractivity contribution in [2.24, 2.45) is 0 Å². The minimum atomic E-state index is 0.336. The fraction of sp³-hybridized carbons (Fsp3) is 0.667. The smallest absolute Gasteiger partial charge is 0.161 e. The highest BCUT2D eigenvalue weighted by Gasteiger charge is 2.17. The molecule has 0 spiro atoms. The maximum absolute atomic E-state index is 6.15. The molecule has 1 aromatic carbocycles. The van der Waals surface area contributed by atoms with Crippen molar-refractivity contribution in [3.05, 3.63) is 23.8 Å². The molecule has 1 aliphatic rings. The summed E-state index contributed by atoms with van der Waals surface area (Å²) in [5.41, 5.74) is 1.25. The van der Waals surface area contributed by atoms with Crippen LogP contribution in [0.25, 0.3) is 0 Å². The molecule has 1 atom stereocenters. The van der Waals surface area contributed by atoms with Crippen molar-refractivity contribution >= 4 is 0 Å². The van der Waals surface area contributed by atoms with Crippen LogP contribution in [0.4, 0.5) is 0 Å². The molecule has 1 aliphatic carbocycles. The third kappa shape index (κ3) is 4.63. The van der Waals surface area contributed by atoms with Gasteiger partial charge in [0, 0.05) is 6.04 Å². The van der Waals surface area contributed by atoms with Gasteiger partial charge in [0.25, 0.3) is 0 Å². The lowest BCUT2D eigenvalue weighted by molar-refractivity contribution is 0.149. The second kappa shape index (κ2) is 8.28. The summed E-state index contributed by atoms with van der Waals surface area (Å²) in [5.74, 6) is 1.74. The van der Waals surface area contributed by atoms with Crippen LogP contribution in [0, 0.1) is 0 Å². The number of benzene rings is 1. The van der Waals surface area contributed by atoms with Gasteiger partial charge in [-0.05, 0) is 63.3 Å². The minimum absolute atomic E-state index is 0.336. The quantitative estimate of drug-likeness (QED) is 0.804. The maximum atomic E-state index is 6.15. The van der Waals surface area contributed by atoms with Crippen LogP contribution < -0.4 is 14.8 Å². The zero-order chi connectivity index (χ0) is 15.1. The largest absolute Gasteiger partial charge is 0.493 e. The van der Waals surface area contributed by atoms with Gasteiger partial charge in [-0.3, -0.25) is 0 Å². The molecule has 21 heavy (non-hydrogen) atoms. The summed E-state index contributed by atoms with van der Waals surface area (Å²) in [4.78, 5) is 0. The number of hydrogen-bond donors (Lipinski definition) is 1. The van der Waals surface area contributed by atoms with E-state index in [0.717, 1.165) is 24.5 Å². The van der Waals surface area contributed by atoms with E-state index in [1.807, 2.05) is 0 Å². The summed E-state index contributed by atoms with van der Waals surface area (Å²) in [5, 5.41) is 3.50. The first-order valence-corrected chi connectivity index (χ1v) is 8.32. The van der Waals surface area contributed by atoms with Gasteiger partial charge in [-0.1, -0.05) is 19.4 Å². The van der Waals surface area contributed by atoms with Crippen LogP contribution in [0.1, 0.15) is 64.0 Å². The molecular formula is C18H29NO2. The molecule has 0 aliphatic heterocycles. The van der Waals surface area contributed by atoms with Crippen molar-refractivity contribution in [1.82, 2.24) is 5.32 Å². The van der Waals surface area contributed by atoms with Crippen LogP contribution >= 0.6 is 0 Å². The van der Waals surface area contributed by atoms with Crippen molar-refractivity contribution in [3.63, 3.8) is 0 Å². The van der Waals surface area contributed by atoms with Crippen molar-refractivity contribution in [2.45, 2.75) is 64.5 Å². The average Bonchev–Trinajstić information content (AvgIpc) is 2.54. The van der Waals surface area contributed by atoms with E-state index in [1.54, 1.807) is 7.11 Å². The predicted octanol–water partition coefficient (Wildman–Crippen LogP) is 4.47. The van der Waals surface area contributed by atoms with E-state index in [9.17, 15) is 0 Å². The molecule has 3 heteroatoms. The molecule has 1 N–H and O–H groups in total. The number of methoxy groups -OCH3 is 1. The number of nitrogens with one attached hydrogen (secondary N) is 1. The molecule has 0 heterocycles. The summed E-state index contributed by atoms with van der Waals surface area (Å²) in [6.45, 7) is 5.40. The Morgan fingerprint density at radius 2 is 1.95 bits per heavy atom. The Hall–Kier alpha value is -1.22. The predicted molar refractivity (Wildman–Crippen MR) is 87.2 cm³/mol. The molecule has 1 aromatic rings. The van der Waals surface area contributed by atoms with Crippen LogP contribution in [0.2, 0.25) is 0 Å². The van der Waals surface area contributed by atoms with E-state index >= 15 is 0 Å². The Balaban J connectivity index is 2.04. The zero-order valence-corrected chi connectivity index (χ0v) is 13.7. The Labute approximate surface area is 129 Å². The SMILES string of the molecule is CCCNC(C)c1ccc(OC2CCCCC2)c(OC)c1. The molecule has 2 rings (SSSR count). The van der Waals surface area contributed by atoms with Crippen LogP contribution in [0.15, 0.2) is 18.2 Å². The van der Waals surface area contributed by atoms with Gasteiger partial charge in [-0.15, -0.1) is 0 Å². The number of rotatable bonds is 7. The summed E-state index contributed by atoms with van der Waals surface area (Å²) in [7, 11) is 1.72. The lowest BCUT2D eigenvalue weighted by Gasteiger charge is -2.24. The maximum Gasteiger partial charge on any atom is 0.161 e. The van der Waals surface area contributed by atoms with Crippen LogP contribution in [0.3, 0.4) is 0 Å². The highest BCUT2D eigenvalue weighted by atomic mass is 16.5. The van der Waals surface area contributed by atoms with E-state index in [2.05, 4.69) is 37.4 Å². The minimum Gasteiger partial charge on any atom is -0.493 e. The van der Waals surface area contributed by atoms with Gasteiger partial charge in [0.05, 0.1) is 13.2 Å². The molecule has 1 saturated carbocycles. The Kier molecular flexibility index (Phi) is 6.37. The standard InChI is InChI=1S/C18H29NO2/c1-4-12-19-14(2)15-10-11-17(18(13-15)20-3)21-16-8-6-5-7-9-16/h10-11,13-14,16,19H,4-9,12H2,1-3H3. The zero-order valence-electron chi connectivity index (χ0n) is 13.7. The van der Waals surface area contributed by atoms with E-state index < -0.39 is 0 Å². The van der Waals surface area contributed by atoms with Crippen LogP contribution in [-0.4, -0.2) is 19.8 Å². The van der Waals surface area contributed by atoms with Gasteiger partial charge >= 0.3 is 0 Å². The first-order valence-electron chi connectivity index (χ1n) is 8.32. The normalized spacial score (nSPS) is 17.5. The van der Waals surface area contributed by atoms with E-state index in [1.165, 1.54) is 37.7 Å². The molecule has 0 bridgehead atoms. The fourth-order valence-electron chi connectivity index (χ4n) is 2.89. The Morgan fingerprint density at radius 3 is 2.62 bits per heavy atom. The lowest BCUT2D eigenvalue weighted by Crippen LogP contribution is -2.21. The lowest BCUT2D eigenvalue weighted by atomic mass is 9.98. The van der Waals surface area contributed by atoms with E-state index in [-0.39, 0.29) is 0 Å². The molecule has 3 nitrogen and oxygen atoms in total. The summed E-state index contributed by atoms with van der Waals surface area (Å²) < 4.78 is 11.7. The summed E-state index contributed by atoms with van der Waals surface area (Å²) in [6, 6.07) is 6.65.